The second-order valence-corrected chi connectivity index (χ2v) is 4.67. The molecule has 3 rings (SSSR count). The summed E-state index contributed by atoms with van der Waals surface area (Å²) >= 11 is 0. The van der Waals surface area contributed by atoms with Gasteiger partial charge in [0.05, 0.1) is 0 Å². The Hall–Kier alpha value is -1.83. The van der Waals surface area contributed by atoms with Crippen molar-refractivity contribution >= 4 is 5.82 Å². The molecule has 1 fully saturated rings. The Bertz CT molecular complexity index is 507. The molecule has 2 aromatic rings. The number of hydrogen-bond donors (Lipinski definition) is 1. The topological polar surface area (TPSA) is 24.9 Å². The summed E-state index contributed by atoms with van der Waals surface area (Å²) in [4.78, 5) is 4.38. The largest absolute Gasteiger partial charge is 0.366 e. The minimum atomic E-state index is 0.547. The molecule has 0 aliphatic heterocycles. The maximum absolute atomic E-state index is 4.38. The Morgan fingerprint density at radius 3 is 2.71 bits per heavy atom. The van der Waals surface area contributed by atoms with E-state index in [0.717, 1.165) is 5.82 Å². The summed E-state index contributed by atoms with van der Waals surface area (Å²) in [7, 11) is 0. The fraction of sp³-hybridized carbons (Fsp3) is 0.267. The van der Waals surface area contributed by atoms with Gasteiger partial charge in [-0.3, -0.25) is 0 Å². The molecule has 0 spiro atoms. The second-order valence-electron chi connectivity index (χ2n) is 4.67. The van der Waals surface area contributed by atoms with Crippen LogP contribution in [0.15, 0.2) is 48.7 Å². The normalized spacial score (nSPS) is 22.2. The monoisotopic (exact) mass is 224 g/mol. The molecule has 0 radical (unpaired) electrons. The lowest BCUT2D eigenvalue weighted by molar-refractivity contribution is 1.02. The van der Waals surface area contributed by atoms with Crippen molar-refractivity contribution in [3.05, 3.63) is 59.8 Å². The predicted octanol–water partition coefficient (Wildman–Crippen LogP) is 3.36. The minimum absolute atomic E-state index is 0.547. The zero-order valence-electron chi connectivity index (χ0n) is 9.93. The average Bonchev–Trinajstić information content (AvgIpc) is 3.13. The van der Waals surface area contributed by atoms with E-state index in [1.54, 1.807) is 0 Å². The SMILES string of the molecule is Cc1cccnc1NC1CC1c1ccccc1. The molecule has 0 amide bonds. The van der Waals surface area contributed by atoms with Crippen molar-refractivity contribution < 1.29 is 0 Å². The number of anilines is 1. The lowest BCUT2D eigenvalue weighted by Crippen LogP contribution is -2.06. The summed E-state index contributed by atoms with van der Waals surface area (Å²) in [5.41, 5.74) is 2.64. The fourth-order valence-corrected chi connectivity index (χ4v) is 2.24. The standard InChI is InChI=1S/C15H16N2/c1-11-6-5-9-16-15(11)17-14-10-13(14)12-7-3-2-4-8-12/h2-9,13-14H,10H2,1H3,(H,16,17). The maximum Gasteiger partial charge on any atom is 0.129 e. The van der Waals surface area contributed by atoms with E-state index in [9.17, 15) is 0 Å². The molecule has 1 N–H and O–H groups in total. The van der Waals surface area contributed by atoms with Gasteiger partial charge in [-0.1, -0.05) is 36.4 Å². The summed E-state index contributed by atoms with van der Waals surface area (Å²) in [5.74, 6) is 1.67. The van der Waals surface area contributed by atoms with Gasteiger partial charge in [0.25, 0.3) is 0 Å². The zero-order chi connectivity index (χ0) is 11.7. The summed E-state index contributed by atoms with van der Waals surface area (Å²) < 4.78 is 0. The minimum Gasteiger partial charge on any atom is -0.366 e. The fourth-order valence-electron chi connectivity index (χ4n) is 2.24. The molecule has 1 saturated carbocycles. The van der Waals surface area contributed by atoms with Gasteiger partial charge in [0.2, 0.25) is 0 Å². The van der Waals surface area contributed by atoms with Gasteiger partial charge in [0.15, 0.2) is 0 Å². The summed E-state index contributed by atoms with van der Waals surface area (Å²) in [6, 6.07) is 15.3. The third-order valence-corrected chi connectivity index (χ3v) is 3.35. The molecule has 17 heavy (non-hydrogen) atoms. The van der Waals surface area contributed by atoms with E-state index >= 15 is 0 Å². The van der Waals surface area contributed by atoms with Crippen molar-refractivity contribution in [2.45, 2.75) is 25.3 Å². The molecule has 2 atom stereocenters. The lowest BCUT2D eigenvalue weighted by atomic mass is 10.1. The molecule has 1 aliphatic carbocycles. The van der Waals surface area contributed by atoms with Gasteiger partial charge < -0.3 is 5.32 Å². The van der Waals surface area contributed by atoms with Gasteiger partial charge in [-0.15, -0.1) is 0 Å². The van der Waals surface area contributed by atoms with Gasteiger partial charge in [0.1, 0.15) is 5.82 Å². The molecule has 0 saturated heterocycles. The smallest absolute Gasteiger partial charge is 0.129 e. The molecule has 1 heterocycles. The van der Waals surface area contributed by atoms with Crippen molar-refractivity contribution in [1.82, 2.24) is 4.98 Å². The number of nitrogens with one attached hydrogen (secondary N) is 1. The zero-order valence-corrected chi connectivity index (χ0v) is 9.93. The van der Waals surface area contributed by atoms with E-state index in [-0.39, 0.29) is 0 Å². The van der Waals surface area contributed by atoms with Crippen LogP contribution in [0.4, 0.5) is 5.82 Å². The average molecular weight is 224 g/mol. The molecule has 2 heteroatoms. The summed E-state index contributed by atoms with van der Waals surface area (Å²) in [6.07, 6.45) is 3.05. The highest BCUT2D eigenvalue weighted by atomic mass is 15.0. The number of pyridine rings is 1. The van der Waals surface area contributed by atoms with Crippen LogP contribution in [0.5, 0.6) is 0 Å². The third-order valence-electron chi connectivity index (χ3n) is 3.35. The van der Waals surface area contributed by atoms with Crippen LogP contribution in [0, 0.1) is 6.92 Å². The Balaban J connectivity index is 1.69. The first-order valence-corrected chi connectivity index (χ1v) is 6.08. The van der Waals surface area contributed by atoms with Crippen LogP contribution in [-0.4, -0.2) is 11.0 Å². The molecular formula is C15H16N2. The second kappa shape index (κ2) is 4.21. The highest BCUT2D eigenvalue weighted by molar-refractivity contribution is 5.47. The molecule has 2 nitrogen and oxygen atoms in total. The van der Waals surface area contributed by atoms with Crippen molar-refractivity contribution in [2.24, 2.45) is 0 Å². The van der Waals surface area contributed by atoms with E-state index in [1.165, 1.54) is 17.5 Å². The van der Waals surface area contributed by atoms with Crippen LogP contribution in [0.1, 0.15) is 23.5 Å². The van der Waals surface area contributed by atoms with Crippen LogP contribution < -0.4 is 5.32 Å². The third kappa shape index (κ3) is 2.16. The maximum atomic E-state index is 4.38. The van der Waals surface area contributed by atoms with E-state index in [0.29, 0.717) is 12.0 Å². The van der Waals surface area contributed by atoms with Crippen LogP contribution >= 0.6 is 0 Å². The van der Waals surface area contributed by atoms with E-state index in [1.807, 2.05) is 12.3 Å². The van der Waals surface area contributed by atoms with Crippen molar-refractivity contribution in [3.63, 3.8) is 0 Å². The Labute approximate surface area is 102 Å². The van der Waals surface area contributed by atoms with Crippen LogP contribution in [-0.2, 0) is 0 Å². The van der Waals surface area contributed by atoms with Crippen LogP contribution in [0.2, 0.25) is 0 Å². The number of nitrogens with zero attached hydrogens (tertiary/aromatic N) is 1. The van der Waals surface area contributed by atoms with Gasteiger partial charge in [-0.2, -0.15) is 0 Å². The summed E-state index contributed by atoms with van der Waals surface area (Å²) in [6.45, 7) is 2.09. The Morgan fingerprint density at radius 2 is 1.94 bits per heavy atom. The number of benzene rings is 1. The Morgan fingerprint density at radius 1 is 1.12 bits per heavy atom. The quantitative estimate of drug-likeness (QED) is 0.864. The van der Waals surface area contributed by atoms with Crippen molar-refractivity contribution in [1.29, 1.82) is 0 Å². The predicted molar refractivity (Wildman–Crippen MR) is 70.2 cm³/mol. The van der Waals surface area contributed by atoms with Gasteiger partial charge in [0, 0.05) is 18.2 Å². The molecule has 2 unspecified atom stereocenters. The van der Waals surface area contributed by atoms with Gasteiger partial charge >= 0.3 is 0 Å². The number of rotatable bonds is 3. The Kier molecular flexibility index (Phi) is 2.56. The van der Waals surface area contributed by atoms with Gasteiger partial charge in [-0.25, -0.2) is 4.98 Å². The van der Waals surface area contributed by atoms with Crippen molar-refractivity contribution in [2.75, 3.05) is 5.32 Å². The molecule has 1 aliphatic rings. The van der Waals surface area contributed by atoms with Gasteiger partial charge in [-0.05, 0) is 30.5 Å². The highest BCUT2D eigenvalue weighted by Crippen LogP contribution is 2.42. The molecule has 86 valence electrons. The van der Waals surface area contributed by atoms with Crippen LogP contribution in [0.25, 0.3) is 0 Å². The molecule has 0 bridgehead atoms. The van der Waals surface area contributed by atoms with Crippen LogP contribution in [0.3, 0.4) is 0 Å². The lowest BCUT2D eigenvalue weighted by Gasteiger charge is -2.07. The molecular weight excluding hydrogens is 208 g/mol. The first-order valence-electron chi connectivity index (χ1n) is 6.08. The number of aromatic nitrogens is 1. The molecule has 1 aromatic carbocycles. The highest BCUT2D eigenvalue weighted by Gasteiger charge is 2.38. The first kappa shape index (κ1) is 10.3. The number of aryl methyl sites for hydroxylation is 1. The van der Waals surface area contributed by atoms with E-state index < -0.39 is 0 Å². The first-order chi connectivity index (χ1) is 8.34. The molecule has 1 aromatic heterocycles. The van der Waals surface area contributed by atoms with E-state index in [2.05, 4.69) is 53.6 Å². The van der Waals surface area contributed by atoms with E-state index in [4.69, 9.17) is 0 Å². The summed E-state index contributed by atoms with van der Waals surface area (Å²) in [5, 5.41) is 3.52. The van der Waals surface area contributed by atoms with Crippen molar-refractivity contribution in [3.8, 4) is 0 Å². The number of hydrogen-bond acceptors (Lipinski definition) is 2.